The van der Waals surface area contributed by atoms with Crippen LogP contribution in [0.4, 0.5) is 0 Å². The fourth-order valence-corrected chi connectivity index (χ4v) is 21.9. The van der Waals surface area contributed by atoms with Gasteiger partial charge in [0.2, 0.25) is 0 Å². The van der Waals surface area contributed by atoms with Crippen molar-refractivity contribution in [2.45, 2.75) is 102 Å². The molecule has 0 fully saturated rings. The van der Waals surface area contributed by atoms with Crippen LogP contribution in [0.2, 0.25) is 76.6 Å². The first-order valence-electron chi connectivity index (χ1n) is 11.8. The first-order valence-corrected chi connectivity index (χ1v) is 24.2. The molecule has 5 nitrogen and oxygen atoms in total. The summed E-state index contributed by atoms with van der Waals surface area (Å²) in [6, 6.07) is 4.85. The van der Waals surface area contributed by atoms with E-state index in [0.29, 0.717) is 0 Å². The van der Waals surface area contributed by atoms with Crippen molar-refractivity contribution in [3.8, 4) is 0 Å². The number of nitrogens with two attached hydrogens (primary N) is 2. The van der Waals surface area contributed by atoms with Gasteiger partial charge >= 0.3 is 0 Å². The first-order chi connectivity index (χ1) is 13.2. The molecule has 176 valence electrons. The highest BCUT2D eigenvalue weighted by molar-refractivity contribution is 6.85. The second-order valence-corrected chi connectivity index (χ2v) is 28.7. The van der Waals surface area contributed by atoms with Gasteiger partial charge in [0, 0.05) is 0 Å². The molecule has 0 aliphatic carbocycles. The van der Waals surface area contributed by atoms with Gasteiger partial charge in [-0.25, -0.2) is 0 Å². The summed E-state index contributed by atoms with van der Waals surface area (Å²) in [4.78, 5) is 0. The van der Waals surface area contributed by atoms with Crippen LogP contribution in [0, 0.1) is 0 Å². The molecule has 5 N–H and O–H groups in total. The highest BCUT2D eigenvalue weighted by atomic mass is 28.4. The number of hydrogen-bond donors (Lipinski definition) is 3. The molecule has 0 radical (unpaired) electrons. The van der Waals surface area contributed by atoms with Crippen molar-refractivity contribution in [1.82, 2.24) is 5.32 Å². The maximum absolute atomic E-state index is 6.65. The Hall–Kier alpha value is 0.668. The van der Waals surface area contributed by atoms with E-state index in [2.05, 4.69) is 57.7 Å². The predicted molar refractivity (Wildman–Crippen MR) is 141 cm³/mol. The SMILES string of the molecule is C[Si](C)(CCCN)O[Si](C)(C)CCCNCCC[Si](C)(C)O[Si](C)(C)CCCN. The van der Waals surface area contributed by atoms with Crippen LogP contribution in [0.25, 0.3) is 0 Å². The van der Waals surface area contributed by atoms with E-state index in [-0.39, 0.29) is 0 Å². The molecule has 0 aromatic heterocycles. The largest absolute Gasteiger partial charge is 0.455 e. The van der Waals surface area contributed by atoms with Crippen molar-refractivity contribution in [3.63, 3.8) is 0 Å². The van der Waals surface area contributed by atoms with Gasteiger partial charge in [0.15, 0.2) is 33.3 Å². The standard InChI is InChI=1S/C20H53N3O2Si4/c1-26(2,17-9-13-21)24-28(5,6)19-11-15-23-16-12-20-29(7,8)25-27(3,4)18-10-14-22/h23H,9-22H2,1-8H3. The highest BCUT2D eigenvalue weighted by Crippen LogP contribution is 2.24. The van der Waals surface area contributed by atoms with E-state index in [9.17, 15) is 0 Å². The van der Waals surface area contributed by atoms with Crippen LogP contribution in [0.3, 0.4) is 0 Å². The van der Waals surface area contributed by atoms with Crippen molar-refractivity contribution in [3.05, 3.63) is 0 Å². The minimum Gasteiger partial charge on any atom is -0.455 e. The molecule has 0 saturated carbocycles. The maximum atomic E-state index is 6.65. The van der Waals surface area contributed by atoms with Crippen molar-refractivity contribution in [1.29, 1.82) is 0 Å². The van der Waals surface area contributed by atoms with Crippen LogP contribution < -0.4 is 16.8 Å². The van der Waals surface area contributed by atoms with Gasteiger partial charge in [0.1, 0.15) is 0 Å². The quantitative estimate of drug-likeness (QED) is 0.192. The molecule has 29 heavy (non-hydrogen) atoms. The Labute approximate surface area is 186 Å². The van der Waals surface area contributed by atoms with Gasteiger partial charge in [-0.05, 0) is 128 Å². The molecule has 0 aromatic rings. The monoisotopic (exact) mass is 479 g/mol. The van der Waals surface area contributed by atoms with Crippen molar-refractivity contribution >= 4 is 33.3 Å². The van der Waals surface area contributed by atoms with E-state index >= 15 is 0 Å². The number of rotatable bonds is 18. The summed E-state index contributed by atoms with van der Waals surface area (Å²) in [6.07, 6.45) is 4.64. The Morgan fingerprint density at radius 1 is 0.517 bits per heavy atom. The normalized spacial score (nSPS) is 13.9. The summed E-state index contributed by atoms with van der Waals surface area (Å²) in [6.45, 7) is 22.7. The lowest BCUT2D eigenvalue weighted by atomic mass is 10.4. The lowest BCUT2D eigenvalue weighted by Crippen LogP contribution is -2.45. The predicted octanol–water partition coefficient (Wildman–Crippen LogP) is 4.91. The van der Waals surface area contributed by atoms with Crippen LogP contribution in [-0.2, 0) is 8.23 Å². The van der Waals surface area contributed by atoms with E-state index in [1.54, 1.807) is 0 Å². The highest BCUT2D eigenvalue weighted by Gasteiger charge is 2.33. The molecule has 0 aromatic carbocycles. The summed E-state index contributed by atoms with van der Waals surface area (Å²) in [7, 11) is -6.21. The zero-order valence-electron chi connectivity index (χ0n) is 21.0. The van der Waals surface area contributed by atoms with Gasteiger partial charge in [0.25, 0.3) is 0 Å². The van der Waals surface area contributed by atoms with E-state index in [1.165, 1.54) is 37.0 Å². The summed E-state index contributed by atoms with van der Waals surface area (Å²) in [5.74, 6) is 0. The zero-order chi connectivity index (χ0) is 22.6. The topological polar surface area (TPSA) is 82.5 Å². The lowest BCUT2D eigenvalue weighted by Gasteiger charge is -2.34. The van der Waals surface area contributed by atoms with E-state index in [0.717, 1.165) is 39.0 Å². The maximum Gasteiger partial charge on any atom is 0.173 e. The third-order valence-corrected chi connectivity index (χ3v) is 20.4. The van der Waals surface area contributed by atoms with Gasteiger partial charge in [-0.2, -0.15) is 0 Å². The van der Waals surface area contributed by atoms with Crippen LogP contribution in [0.1, 0.15) is 25.7 Å². The summed E-state index contributed by atoms with van der Waals surface area (Å²) in [5.41, 5.74) is 11.4. The van der Waals surface area contributed by atoms with E-state index < -0.39 is 33.3 Å². The molecule has 0 aliphatic heterocycles. The van der Waals surface area contributed by atoms with Crippen molar-refractivity contribution in [2.75, 3.05) is 26.2 Å². The van der Waals surface area contributed by atoms with Gasteiger partial charge in [-0.1, -0.05) is 0 Å². The Morgan fingerprint density at radius 2 is 0.793 bits per heavy atom. The fourth-order valence-electron chi connectivity index (χ4n) is 4.16. The molecule has 0 amide bonds. The summed E-state index contributed by atoms with van der Waals surface area (Å²) >= 11 is 0. The molecule has 0 spiro atoms. The molecular weight excluding hydrogens is 427 g/mol. The fraction of sp³-hybridized carbons (Fsp3) is 1.00. The lowest BCUT2D eigenvalue weighted by molar-refractivity contribution is 0.522. The van der Waals surface area contributed by atoms with Crippen molar-refractivity contribution in [2.24, 2.45) is 11.5 Å². The smallest absolute Gasteiger partial charge is 0.173 e. The third kappa shape index (κ3) is 17.0. The Balaban J connectivity index is 4.01. The van der Waals surface area contributed by atoms with Crippen LogP contribution in [-0.4, -0.2) is 59.4 Å². The molecule has 9 heteroatoms. The van der Waals surface area contributed by atoms with Gasteiger partial charge < -0.3 is 25.0 Å². The van der Waals surface area contributed by atoms with Gasteiger partial charge in [-0.3, -0.25) is 0 Å². The Bertz CT molecular complexity index is 398. The van der Waals surface area contributed by atoms with E-state index in [4.69, 9.17) is 19.7 Å². The molecular formula is C20H53N3O2Si4. The zero-order valence-corrected chi connectivity index (χ0v) is 25.0. The second kappa shape index (κ2) is 13.9. The molecule has 0 unspecified atom stereocenters. The van der Waals surface area contributed by atoms with Gasteiger partial charge in [0.05, 0.1) is 0 Å². The third-order valence-electron chi connectivity index (χ3n) is 5.34. The Kier molecular flexibility index (Phi) is 14.3. The van der Waals surface area contributed by atoms with Gasteiger partial charge in [-0.15, -0.1) is 0 Å². The van der Waals surface area contributed by atoms with Crippen LogP contribution in [0.5, 0.6) is 0 Å². The summed E-state index contributed by atoms with van der Waals surface area (Å²) in [5, 5.41) is 3.65. The Morgan fingerprint density at radius 3 is 1.07 bits per heavy atom. The van der Waals surface area contributed by atoms with Crippen molar-refractivity contribution < 1.29 is 8.23 Å². The molecule has 0 heterocycles. The van der Waals surface area contributed by atoms with E-state index in [1.807, 2.05) is 0 Å². The number of nitrogens with one attached hydrogen (secondary N) is 1. The van der Waals surface area contributed by atoms with Crippen LogP contribution >= 0.6 is 0 Å². The minimum atomic E-state index is -1.56. The average Bonchev–Trinajstić information content (AvgIpc) is 2.55. The first kappa shape index (κ1) is 29.7. The van der Waals surface area contributed by atoms with Crippen LogP contribution in [0.15, 0.2) is 0 Å². The molecule has 0 rings (SSSR count). The summed E-state index contributed by atoms with van der Waals surface area (Å²) < 4.78 is 13.3. The molecule has 0 saturated heterocycles. The molecule has 0 bridgehead atoms. The average molecular weight is 480 g/mol. The number of hydrogen-bond acceptors (Lipinski definition) is 5. The minimum absolute atomic E-state index is 0.782. The molecule has 0 aliphatic rings. The molecule has 0 atom stereocenters. The second-order valence-electron chi connectivity index (χ2n) is 11.0.